The van der Waals surface area contributed by atoms with Gasteiger partial charge in [0.25, 0.3) is 5.56 Å². The first-order valence-electron chi connectivity index (χ1n) is 7.12. The number of aromatic amines is 1. The van der Waals surface area contributed by atoms with Crippen molar-refractivity contribution in [3.8, 4) is 0 Å². The van der Waals surface area contributed by atoms with Gasteiger partial charge in [0.1, 0.15) is 0 Å². The molecule has 100 valence electrons. The molecule has 1 atom stereocenters. The minimum absolute atomic E-state index is 0.0728. The summed E-state index contributed by atoms with van der Waals surface area (Å²) in [4.78, 5) is 15.1. The van der Waals surface area contributed by atoms with Crippen LogP contribution in [0.5, 0.6) is 0 Å². The number of H-pyrrole nitrogens is 1. The lowest BCUT2D eigenvalue weighted by molar-refractivity contribution is 0.577. The molecule has 0 radical (unpaired) electrons. The number of benzene rings is 1. The second-order valence-corrected chi connectivity index (χ2v) is 5.46. The highest BCUT2D eigenvalue weighted by molar-refractivity contribution is 5.79. The fraction of sp³-hybridized carbons (Fsp3) is 0.438. The molecule has 0 spiro atoms. The number of aromatic nitrogens is 1. The summed E-state index contributed by atoms with van der Waals surface area (Å²) >= 11 is 0. The van der Waals surface area contributed by atoms with Gasteiger partial charge in [-0.25, -0.2) is 0 Å². The molecule has 0 amide bonds. The van der Waals surface area contributed by atoms with Crippen LogP contribution < -0.4 is 10.9 Å². The molecule has 1 aliphatic heterocycles. The molecule has 0 aliphatic carbocycles. The fourth-order valence-corrected chi connectivity index (χ4v) is 2.87. The van der Waals surface area contributed by atoms with Crippen molar-refractivity contribution in [2.75, 3.05) is 13.1 Å². The van der Waals surface area contributed by atoms with Gasteiger partial charge in [-0.1, -0.05) is 13.0 Å². The van der Waals surface area contributed by atoms with Gasteiger partial charge in [-0.15, -0.1) is 0 Å². The van der Waals surface area contributed by atoms with Gasteiger partial charge in [0, 0.05) is 11.1 Å². The maximum absolute atomic E-state index is 12.1. The Kier molecular flexibility index (Phi) is 3.38. The molecule has 1 aliphatic rings. The van der Waals surface area contributed by atoms with E-state index in [0.717, 1.165) is 42.4 Å². The van der Waals surface area contributed by atoms with Gasteiger partial charge in [-0.3, -0.25) is 4.79 Å². The van der Waals surface area contributed by atoms with Crippen LogP contribution in [0, 0.1) is 5.92 Å². The standard InChI is InChI=1S/C16H20N2O/c1-2-11-3-4-15-13(7-11)9-14(16(19)18-15)8-12-5-6-17-10-12/h3-4,7,9,12,17H,2,5-6,8,10H2,1H3,(H,18,19). The Hall–Kier alpha value is -1.61. The Labute approximate surface area is 113 Å². The summed E-state index contributed by atoms with van der Waals surface area (Å²) in [6.45, 7) is 4.26. The molecule has 19 heavy (non-hydrogen) atoms. The smallest absolute Gasteiger partial charge is 0.251 e. The SMILES string of the molecule is CCc1ccc2[nH]c(=O)c(CC3CCNC3)cc2c1. The molecule has 2 heterocycles. The molecule has 2 aromatic rings. The Morgan fingerprint density at radius 2 is 2.21 bits per heavy atom. The molecule has 2 N–H and O–H groups in total. The van der Waals surface area contributed by atoms with Gasteiger partial charge in [0.05, 0.1) is 0 Å². The summed E-state index contributed by atoms with van der Waals surface area (Å²) in [6.07, 6.45) is 3.08. The lowest BCUT2D eigenvalue weighted by atomic mass is 9.98. The number of rotatable bonds is 3. The molecular weight excluding hydrogens is 236 g/mol. The highest BCUT2D eigenvalue weighted by Crippen LogP contribution is 2.18. The van der Waals surface area contributed by atoms with Gasteiger partial charge < -0.3 is 10.3 Å². The van der Waals surface area contributed by atoms with Crippen LogP contribution in [0.4, 0.5) is 0 Å². The highest BCUT2D eigenvalue weighted by atomic mass is 16.1. The van der Waals surface area contributed by atoms with Crippen molar-refractivity contribution < 1.29 is 0 Å². The summed E-state index contributed by atoms with van der Waals surface area (Å²) in [5.74, 6) is 0.605. The Morgan fingerprint density at radius 3 is 2.95 bits per heavy atom. The van der Waals surface area contributed by atoms with Crippen LogP contribution in [0.15, 0.2) is 29.1 Å². The zero-order chi connectivity index (χ0) is 13.2. The third-order valence-electron chi connectivity index (χ3n) is 4.06. The van der Waals surface area contributed by atoms with Gasteiger partial charge in [-0.05, 0) is 67.4 Å². The monoisotopic (exact) mass is 256 g/mol. The van der Waals surface area contributed by atoms with E-state index in [4.69, 9.17) is 0 Å². The van der Waals surface area contributed by atoms with Crippen LogP contribution in [0.1, 0.15) is 24.5 Å². The number of hydrogen-bond donors (Lipinski definition) is 2. The zero-order valence-electron chi connectivity index (χ0n) is 11.3. The number of nitrogens with one attached hydrogen (secondary N) is 2. The number of aryl methyl sites for hydroxylation is 1. The largest absolute Gasteiger partial charge is 0.322 e. The van der Waals surface area contributed by atoms with Crippen LogP contribution in [0.25, 0.3) is 10.9 Å². The van der Waals surface area contributed by atoms with E-state index in [1.807, 2.05) is 6.07 Å². The quantitative estimate of drug-likeness (QED) is 0.884. The molecule has 3 rings (SSSR count). The molecule has 1 fully saturated rings. The van der Waals surface area contributed by atoms with E-state index in [0.29, 0.717) is 5.92 Å². The van der Waals surface area contributed by atoms with Crippen molar-refractivity contribution >= 4 is 10.9 Å². The van der Waals surface area contributed by atoms with E-state index in [-0.39, 0.29) is 5.56 Å². The summed E-state index contributed by atoms with van der Waals surface area (Å²) in [5.41, 5.74) is 3.25. The molecule has 3 heteroatoms. The van der Waals surface area contributed by atoms with E-state index in [2.05, 4.69) is 35.4 Å². The van der Waals surface area contributed by atoms with Crippen molar-refractivity contribution in [1.82, 2.24) is 10.3 Å². The lowest BCUT2D eigenvalue weighted by Gasteiger charge is -2.09. The summed E-state index contributed by atoms with van der Waals surface area (Å²) in [7, 11) is 0. The van der Waals surface area contributed by atoms with E-state index in [1.54, 1.807) is 0 Å². The minimum Gasteiger partial charge on any atom is -0.322 e. The van der Waals surface area contributed by atoms with Crippen molar-refractivity contribution in [1.29, 1.82) is 0 Å². The molecule has 1 unspecified atom stereocenters. The third-order valence-corrected chi connectivity index (χ3v) is 4.06. The molecule has 3 nitrogen and oxygen atoms in total. The molecular formula is C16H20N2O. The number of hydrogen-bond acceptors (Lipinski definition) is 2. The average Bonchev–Trinajstić information content (AvgIpc) is 2.92. The van der Waals surface area contributed by atoms with Crippen LogP contribution in [-0.2, 0) is 12.8 Å². The maximum Gasteiger partial charge on any atom is 0.251 e. The van der Waals surface area contributed by atoms with Gasteiger partial charge in [-0.2, -0.15) is 0 Å². The topological polar surface area (TPSA) is 44.9 Å². The Balaban J connectivity index is 1.98. The van der Waals surface area contributed by atoms with Crippen molar-refractivity contribution in [3.05, 3.63) is 45.7 Å². The van der Waals surface area contributed by atoms with Crippen LogP contribution in [-0.4, -0.2) is 18.1 Å². The zero-order valence-corrected chi connectivity index (χ0v) is 11.3. The number of pyridine rings is 1. The first-order chi connectivity index (χ1) is 9.26. The first-order valence-corrected chi connectivity index (χ1v) is 7.12. The fourth-order valence-electron chi connectivity index (χ4n) is 2.87. The average molecular weight is 256 g/mol. The van der Waals surface area contributed by atoms with Crippen molar-refractivity contribution in [2.24, 2.45) is 5.92 Å². The van der Waals surface area contributed by atoms with Crippen LogP contribution in [0.2, 0.25) is 0 Å². The Morgan fingerprint density at radius 1 is 1.32 bits per heavy atom. The van der Waals surface area contributed by atoms with Crippen LogP contribution in [0.3, 0.4) is 0 Å². The van der Waals surface area contributed by atoms with E-state index < -0.39 is 0 Å². The lowest BCUT2D eigenvalue weighted by Crippen LogP contribution is -2.18. The van der Waals surface area contributed by atoms with E-state index in [9.17, 15) is 4.79 Å². The second-order valence-electron chi connectivity index (χ2n) is 5.46. The van der Waals surface area contributed by atoms with Crippen LogP contribution >= 0.6 is 0 Å². The summed E-state index contributed by atoms with van der Waals surface area (Å²) in [6, 6.07) is 8.35. The molecule has 0 bridgehead atoms. The van der Waals surface area contributed by atoms with E-state index >= 15 is 0 Å². The third kappa shape index (κ3) is 2.56. The second kappa shape index (κ2) is 5.17. The normalized spacial score (nSPS) is 19.1. The Bertz CT molecular complexity index is 639. The van der Waals surface area contributed by atoms with E-state index in [1.165, 1.54) is 12.0 Å². The molecule has 1 saturated heterocycles. The predicted molar refractivity (Wildman–Crippen MR) is 78.6 cm³/mol. The van der Waals surface area contributed by atoms with Gasteiger partial charge >= 0.3 is 0 Å². The highest BCUT2D eigenvalue weighted by Gasteiger charge is 2.16. The molecule has 1 aromatic heterocycles. The van der Waals surface area contributed by atoms with Gasteiger partial charge in [0.15, 0.2) is 0 Å². The maximum atomic E-state index is 12.1. The number of fused-ring (bicyclic) bond motifs is 1. The van der Waals surface area contributed by atoms with Crippen molar-refractivity contribution in [3.63, 3.8) is 0 Å². The predicted octanol–water partition coefficient (Wildman–Crippen LogP) is 2.24. The summed E-state index contributed by atoms with van der Waals surface area (Å²) in [5, 5.41) is 4.51. The minimum atomic E-state index is 0.0728. The van der Waals surface area contributed by atoms with Crippen molar-refractivity contribution in [2.45, 2.75) is 26.2 Å². The summed E-state index contributed by atoms with van der Waals surface area (Å²) < 4.78 is 0. The van der Waals surface area contributed by atoms with Gasteiger partial charge in [0.2, 0.25) is 0 Å². The molecule has 1 aromatic carbocycles. The molecule has 0 saturated carbocycles. The first kappa shape index (κ1) is 12.4.